The van der Waals surface area contributed by atoms with Crippen LogP contribution in [0.3, 0.4) is 0 Å². The Bertz CT molecular complexity index is 1820. The van der Waals surface area contributed by atoms with Gasteiger partial charge in [0.1, 0.15) is 17.6 Å². The van der Waals surface area contributed by atoms with Gasteiger partial charge in [0.05, 0.1) is 13.7 Å². The number of methoxy groups -OCH3 is 1. The normalized spacial score (nSPS) is 20.2. The maximum absolute atomic E-state index is 15.7. The smallest absolute Gasteiger partial charge is 0.256 e. The number of halogens is 1. The zero-order chi connectivity index (χ0) is 34.8. The lowest BCUT2D eigenvalue weighted by molar-refractivity contribution is -0.133. The number of carbonyl (C=O) groups excluding carboxylic acids is 2. The van der Waals surface area contributed by atoms with E-state index in [-0.39, 0.29) is 29.2 Å². The second kappa shape index (κ2) is 14.8. The van der Waals surface area contributed by atoms with E-state index in [1.807, 2.05) is 18.2 Å². The van der Waals surface area contributed by atoms with Gasteiger partial charge in [-0.25, -0.2) is 4.39 Å². The summed E-state index contributed by atoms with van der Waals surface area (Å²) in [5, 5.41) is 5.66. The van der Waals surface area contributed by atoms with Crippen molar-refractivity contribution in [3.05, 3.63) is 75.5 Å². The van der Waals surface area contributed by atoms with E-state index in [1.165, 1.54) is 31.4 Å². The molecule has 1 aromatic heterocycles. The Morgan fingerprint density at radius 1 is 0.960 bits per heavy atom. The molecule has 1 atom stereocenters. The Morgan fingerprint density at radius 3 is 2.34 bits per heavy atom. The molecule has 4 aliphatic rings. The number of benzene rings is 2. The SMILES string of the molecule is COc1cc(-c2cn(C)c(=O)c3c2C=NC3)cc(F)c1CN1CCC(CCC2CCN(c3ccc(NC4CCC(=O)NC4=O)cc3)CC2)CC1. The number of nitrogens with zero attached hydrogens (tertiary/aromatic N) is 4. The minimum Gasteiger partial charge on any atom is -0.496 e. The number of ether oxygens (including phenoxy) is 1. The molecule has 50 heavy (non-hydrogen) atoms. The Kier molecular flexibility index (Phi) is 10.0. The van der Waals surface area contributed by atoms with Gasteiger partial charge in [-0.3, -0.25) is 29.6 Å². The molecule has 3 saturated heterocycles. The Morgan fingerprint density at radius 2 is 1.66 bits per heavy atom. The lowest BCUT2D eigenvalue weighted by Gasteiger charge is -2.36. The van der Waals surface area contributed by atoms with Crippen molar-refractivity contribution in [1.29, 1.82) is 0 Å². The molecule has 2 aromatic carbocycles. The number of amides is 2. The van der Waals surface area contributed by atoms with Gasteiger partial charge < -0.3 is 19.5 Å². The number of aromatic nitrogens is 1. The summed E-state index contributed by atoms with van der Waals surface area (Å²) in [5.41, 5.74) is 5.49. The van der Waals surface area contributed by atoms with Crippen molar-refractivity contribution in [1.82, 2.24) is 14.8 Å². The maximum Gasteiger partial charge on any atom is 0.256 e. The number of carbonyl (C=O) groups is 2. The number of imide groups is 1. The standard InChI is InChI=1S/C39H47FN6O4/c1-44-23-32(30-21-41-22-31(30)39(44)49)27-19-34(40)33(36(20-27)50-2)24-45-15-11-25(12-16-45)3-4-26-13-17-46(18-14-26)29-7-5-28(6-8-29)42-35-9-10-37(47)43-38(35)48/h5-8,19-21,23,25-26,35,42H,3-4,9-18,22,24H2,1-2H3,(H,43,47,48). The fraction of sp³-hybridized carbons (Fsp3) is 0.487. The van der Waals surface area contributed by atoms with Crippen LogP contribution in [0.15, 0.2) is 52.4 Å². The summed E-state index contributed by atoms with van der Waals surface area (Å²) >= 11 is 0. The van der Waals surface area contributed by atoms with Crippen molar-refractivity contribution in [3.8, 4) is 16.9 Å². The van der Waals surface area contributed by atoms with Crippen LogP contribution in [0.4, 0.5) is 15.8 Å². The highest BCUT2D eigenvalue weighted by molar-refractivity contribution is 6.01. The molecule has 3 fully saturated rings. The van der Waals surface area contributed by atoms with Crippen LogP contribution in [0.2, 0.25) is 0 Å². The van der Waals surface area contributed by atoms with Crippen LogP contribution in [0.5, 0.6) is 5.75 Å². The number of fused-ring (bicyclic) bond motifs is 1. The van der Waals surface area contributed by atoms with Crippen LogP contribution >= 0.6 is 0 Å². The predicted octanol–water partition coefficient (Wildman–Crippen LogP) is 5.26. The van der Waals surface area contributed by atoms with Crippen LogP contribution < -0.4 is 25.8 Å². The number of hydrogen-bond donors (Lipinski definition) is 2. The largest absolute Gasteiger partial charge is 0.496 e. The molecular formula is C39H47FN6O4. The summed E-state index contributed by atoms with van der Waals surface area (Å²) in [7, 11) is 3.30. The van der Waals surface area contributed by atoms with E-state index in [2.05, 4.69) is 37.6 Å². The fourth-order valence-corrected chi connectivity index (χ4v) is 8.08. The van der Waals surface area contributed by atoms with E-state index < -0.39 is 0 Å². The van der Waals surface area contributed by atoms with Gasteiger partial charge in [0.15, 0.2) is 0 Å². The molecule has 3 aromatic rings. The third kappa shape index (κ3) is 7.33. The van der Waals surface area contributed by atoms with E-state index in [0.717, 1.165) is 61.8 Å². The molecule has 11 heteroatoms. The second-order valence-electron chi connectivity index (χ2n) is 14.4. The van der Waals surface area contributed by atoms with Crippen LogP contribution in [0, 0.1) is 17.7 Å². The summed E-state index contributed by atoms with van der Waals surface area (Å²) in [6.07, 6.45) is 11.5. The Balaban J connectivity index is 0.863. The average Bonchev–Trinajstić information content (AvgIpc) is 3.63. The third-order valence-corrected chi connectivity index (χ3v) is 11.2. The first-order valence-electron chi connectivity index (χ1n) is 18.0. The number of likely N-dealkylation sites (tertiary alicyclic amines) is 1. The molecule has 0 radical (unpaired) electrons. The van der Waals surface area contributed by atoms with Crippen LogP contribution in [-0.4, -0.2) is 66.8 Å². The quantitative estimate of drug-likeness (QED) is 0.281. The van der Waals surface area contributed by atoms with E-state index in [1.54, 1.807) is 37.2 Å². The van der Waals surface area contributed by atoms with Crippen molar-refractivity contribution in [2.24, 2.45) is 23.9 Å². The van der Waals surface area contributed by atoms with Crippen LogP contribution in [0.1, 0.15) is 68.1 Å². The van der Waals surface area contributed by atoms with Crippen molar-refractivity contribution in [2.75, 3.05) is 43.5 Å². The molecule has 4 aliphatic heterocycles. The molecule has 7 rings (SSSR count). The number of aryl methyl sites for hydroxylation is 1. The van der Waals surface area contributed by atoms with Gasteiger partial charge in [-0.1, -0.05) is 12.8 Å². The second-order valence-corrected chi connectivity index (χ2v) is 14.4. The number of nitrogens with one attached hydrogen (secondary N) is 2. The van der Waals surface area contributed by atoms with Gasteiger partial charge in [-0.2, -0.15) is 0 Å². The van der Waals surface area contributed by atoms with Gasteiger partial charge in [0.25, 0.3) is 5.56 Å². The highest BCUT2D eigenvalue weighted by Gasteiger charge is 2.28. The van der Waals surface area contributed by atoms with Crippen molar-refractivity contribution >= 4 is 29.4 Å². The van der Waals surface area contributed by atoms with Crippen LogP contribution in [0.25, 0.3) is 11.1 Å². The number of aliphatic imine (C=N–C) groups is 1. The predicted molar refractivity (Wildman–Crippen MR) is 193 cm³/mol. The van der Waals surface area contributed by atoms with Crippen molar-refractivity contribution in [2.45, 2.75) is 70.5 Å². The first kappa shape index (κ1) is 34.0. The molecule has 1 unspecified atom stereocenters. The molecule has 0 spiro atoms. The van der Waals surface area contributed by atoms with Gasteiger partial charge in [0.2, 0.25) is 11.8 Å². The third-order valence-electron chi connectivity index (χ3n) is 11.2. The average molecular weight is 683 g/mol. The van der Waals surface area contributed by atoms with E-state index in [4.69, 9.17) is 4.74 Å². The zero-order valence-electron chi connectivity index (χ0n) is 29.1. The number of piperidine rings is 3. The highest BCUT2D eigenvalue weighted by Crippen LogP contribution is 2.35. The van der Waals surface area contributed by atoms with E-state index in [0.29, 0.717) is 54.3 Å². The highest BCUT2D eigenvalue weighted by atomic mass is 19.1. The molecule has 10 nitrogen and oxygen atoms in total. The topological polar surface area (TPSA) is 108 Å². The number of rotatable bonds is 10. The summed E-state index contributed by atoms with van der Waals surface area (Å²) in [6.45, 7) is 4.87. The molecule has 0 aliphatic carbocycles. The number of anilines is 2. The monoisotopic (exact) mass is 682 g/mol. The lowest BCUT2D eigenvalue weighted by Crippen LogP contribution is -2.47. The summed E-state index contributed by atoms with van der Waals surface area (Å²) in [6, 6.07) is 11.4. The molecule has 264 valence electrons. The fourth-order valence-electron chi connectivity index (χ4n) is 8.08. The molecular weight excluding hydrogens is 635 g/mol. The molecule has 2 amide bonds. The number of pyridine rings is 1. The lowest BCUT2D eigenvalue weighted by atomic mass is 9.85. The summed E-state index contributed by atoms with van der Waals surface area (Å²) < 4.78 is 23.0. The van der Waals surface area contributed by atoms with Crippen molar-refractivity contribution in [3.63, 3.8) is 0 Å². The minimum atomic E-state index is -0.372. The Labute approximate surface area is 292 Å². The summed E-state index contributed by atoms with van der Waals surface area (Å²) in [4.78, 5) is 45.1. The molecule has 2 N–H and O–H groups in total. The first-order valence-corrected chi connectivity index (χ1v) is 18.0. The van der Waals surface area contributed by atoms with Gasteiger partial charge in [-0.05, 0) is 99.0 Å². The minimum absolute atomic E-state index is 0.0682. The van der Waals surface area contributed by atoms with E-state index in [9.17, 15) is 14.4 Å². The van der Waals surface area contributed by atoms with Gasteiger partial charge >= 0.3 is 0 Å². The van der Waals surface area contributed by atoms with Gasteiger partial charge in [-0.15, -0.1) is 0 Å². The maximum atomic E-state index is 15.7. The molecule has 0 bridgehead atoms. The van der Waals surface area contributed by atoms with Crippen LogP contribution in [-0.2, 0) is 29.7 Å². The Hall–Kier alpha value is -4.51. The summed E-state index contributed by atoms with van der Waals surface area (Å²) in [5.74, 6) is 1.24. The zero-order valence-corrected chi connectivity index (χ0v) is 29.1. The molecule has 0 saturated carbocycles. The molecule has 5 heterocycles. The number of hydrogen-bond acceptors (Lipinski definition) is 8. The van der Waals surface area contributed by atoms with Gasteiger partial charge in [0, 0.05) is 79.1 Å². The van der Waals surface area contributed by atoms with Crippen molar-refractivity contribution < 1.29 is 18.7 Å². The first-order chi connectivity index (χ1) is 24.2. The van der Waals surface area contributed by atoms with E-state index >= 15 is 4.39 Å².